The lowest BCUT2D eigenvalue weighted by Gasteiger charge is -2.34. The first kappa shape index (κ1) is 25.5. The van der Waals surface area contributed by atoms with Crippen LogP contribution in [0, 0.1) is 0 Å². The number of rotatable bonds is 7. The third-order valence-corrected chi connectivity index (χ3v) is 5.58. The van der Waals surface area contributed by atoms with Gasteiger partial charge in [0.2, 0.25) is 0 Å². The molecule has 29 heavy (non-hydrogen) atoms. The third-order valence-electron chi connectivity index (χ3n) is 4.67. The fourth-order valence-corrected chi connectivity index (χ4v) is 3.95. The summed E-state index contributed by atoms with van der Waals surface area (Å²) in [5, 5.41) is 2.76. The van der Waals surface area contributed by atoms with Crippen LogP contribution in [0.3, 0.4) is 0 Å². The van der Waals surface area contributed by atoms with Gasteiger partial charge in [0, 0.05) is 50.1 Å². The van der Waals surface area contributed by atoms with Crippen molar-refractivity contribution in [1.82, 2.24) is 14.8 Å². The average Bonchev–Trinajstić information content (AvgIpc) is 3.17. The van der Waals surface area contributed by atoms with Crippen molar-refractivity contribution in [2.45, 2.75) is 13.0 Å². The summed E-state index contributed by atoms with van der Waals surface area (Å²) in [5.41, 5.74) is 7.17. The van der Waals surface area contributed by atoms with Gasteiger partial charge in [0.1, 0.15) is 17.2 Å². The van der Waals surface area contributed by atoms with Crippen molar-refractivity contribution in [1.29, 1.82) is 0 Å². The van der Waals surface area contributed by atoms with E-state index in [0.29, 0.717) is 31.7 Å². The smallest absolute Gasteiger partial charge is 0.273 e. The van der Waals surface area contributed by atoms with Gasteiger partial charge in [-0.25, -0.2) is 4.98 Å². The van der Waals surface area contributed by atoms with Crippen LogP contribution in [0.1, 0.15) is 21.1 Å². The normalized spacial score (nSPS) is 14.0. The van der Waals surface area contributed by atoms with E-state index >= 15 is 0 Å². The molecule has 3 rings (SSSR count). The number of amides is 1. The minimum Gasteiger partial charge on any atom is -0.497 e. The summed E-state index contributed by atoms with van der Waals surface area (Å²) in [6.07, 6.45) is 0.716. The maximum Gasteiger partial charge on any atom is 0.273 e. The van der Waals surface area contributed by atoms with Gasteiger partial charge < -0.3 is 20.1 Å². The predicted octanol–water partition coefficient (Wildman–Crippen LogP) is 2.46. The van der Waals surface area contributed by atoms with E-state index < -0.39 is 0 Å². The Balaban J connectivity index is 0.00000210. The van der Waals surface area contributed by atoms with Crippen molar-refractivity contribution < 1.29 is 14.3 Å². The van der Waals surface area contributed by atoms with Gasteiger partial charge in [-0.2, -0.15) is 0 Å². The molecular weight excluding hydrogens is 435 g/mol. The number of methoxy groups -OCH3 is 2. The molecule has 0 saturated carbocycles. The first-order valence-corrected chi connectivity index (χ1v) is 9.89. The minimum atomic E-state index is 0. The first-order valence-electron chi connectivity index (χ1n) is 9.01. The second-order valence-corrected chi connectivity index (χ2v) is 7.35. The molecule has 1 aliphatic heterocycles. The van der Waals surface area contributed by atoms with Gasteiger partial charge in [-0.15, -0.1) is 36.2 Å². The summed E-state index contributed by atoms with van der Waals surface area (Å²) in [5.74, 6) is 1.67. The Labute approximate surface area is 188 Å². The molecule has 0 radical (unpaired) electrons. The Hall–Kier alpha value is -1.58. The van der Waals surface area contributed by atoms with Crippen molar-refractivity contribution in [3.05, 3.63) is 39.8 Å². The zero-order valence-corrected chi connectivity index (χ0v) is 19.1. The lowest BCUT2D eigenvalue weighted by Crippen LogP contribution is -2.48. The second-order valence-electron chi connectivity index (χ2n) is 6.41. The van der Waals surface area contributed by atoms with Gasteiger partial charge >= 0.3 is 0 Å². The highest BCUT2D eigenvalue weighted by atomic mass is 35.5. The van der Waals surface area contributed by atoms with Crippen molar-refractivity contribution >= 4 is 42.1 Å². The molecule has 1 saturated heterocycles. The van der Waals surface area contributed by atoms with E-state index in [2.05, 4.69) is 9.88 Å². The van der Waals surface area contributed by atoms with Crippen LogP contribution in [0.2, 0.25) is 0 Å². The van der Waals surface area contributed by atoms with Crippen LogP contribution in [-0.4, -0.2) is 67.6 Å². The quantitative estimate of drug-likeness (QED) is 0.680. The molecule has 0 aliphatic carbocycles. The maximum atomic E-state index is 12.7. The van der Waals surface area contributed by atoms with Gasteiger partial charge in [0.25, 0.3) is 5.91 Å². The zero-order chi connectivity index (χ0) is 19.2. The number of aromatic nitrogens is 1. The molecular formula is C19H28Cl2N4O3S. The summed E-state index contributed by atoms with van der Waals surface area (Å²) >= 11 is 1.50. The summed E-state index contributed by atoms with van der Waals surface area (Å²) in [4.78, 5) is 21.3. The lowest BCUT2D eigenvalue weighted by atomic mass is 10.1. The molecule has 1 amide bonds. The molecule has 1 aromatic carbocycles. The maximum absolute atomic E-state index is 12.7. The number of nitrogens with two attached hydrogens (primary N) is 1. The van der Waals surface area contributed by atoms with E-state index in [1.807, 2.05) is 28.5 Å². The molecule has 2 heterocycles. The topological polar surface area (TPSA) is 80.9 Å². The Morgan fingerprint density at radius 3 is 2.52 bits per heavy atom. The molecule has 0 unspecified atom stereocenters. The van der Waals surface area contributed by atoms with E-state index in [9.17, 15) is 4.79 Å². The van der Waals surface area contributed by atoms with Crippen LogP contribution in [0.5, 0.6) is 11.5 Å². The fourth-order valence-electron chi connectivity index (χ4n) is 3.16. The molecule has 1 aliphatic rings. The highest BCUT2D eigenvalue weighted by Gasteiger charge is 2.24. The van der Waals surface area contributed by atoms with Crippen LogP contribution in [0.15, 0.2) is 23.6 Å². The second kappa shape index (κ2) is 12.2. The highest BCUT2D eigenvalue weighted by Crippen LogP contribution is 2.25. The van der Waals surface area contributed by atoms with Gasteiger partial charge in [-0.3, -0.25) is 9.69 Å². The highest BCUT2D eigenvalue weighted by molar-refractivity contribution is 7.09. The van der Waals surface area contributed by atoms with Crippen molar-refractivity contribution in [3.8, 4) is 11.5 Å². The number of thiazole rings is 1. The van der Waals surface area contributed by atoms with E-state index in [-0.39, 0.29) is 30.7 Å². The zero-order valence-electron chi connectivity index (χ0n) is 16.6. The monoisotopic (exact) mass is 462 g/mol. The van der Waals surface area contributed by atoms with Gasteiger partial charge in [-0.05, 0) is 24.7 Å². The van der Waals surface area contributed by atoms with Gasteiger partial charge in [0.05, 0.1) is 19.2 Å². The van der Waals surface area contributed by atoms with Gasteiger partial charge in [0.15, 0.2) is 0 Å². The van der Waals surface area contributed by atoms with Crippen molar-refractivity contribution in [2.24, 2.45) is 5.73 Å². The Morgan fingerprint density at radius 1 is 1.17 bits per heavy atom. The van der Waals surface area contributed by atoms with E-state index in [0.717, 1.165) is 41.7 Å². The number of halogens is 2. The Bertz CT molecular complexity index is 783. The van der Waals surface area contributed by atoms with Gasteiger partial charge in [-0.1, -0.05) is 0 Å². The predicted molar refractivity (Wildman–Crippen MR) is 120 cm³/mol. The van der Waals surface area contributed by atoms with E-state index in [4.69, 9.17) is 15.2 Å². The molecule has 2 N–H and O–H groups in total. The first-order chi connectivity index (χ1) is 13.1. The number of carbonyl (C=O) groups is 1. The standard InChI is InChI=1S/C19H26N4O3S.2ClH/c1-25-15-3-4-17(26-2)14(11-15)12-22-7-9-23(10-8-22)19(24)16-13-27-18(21-16)5-6-20;;/h3-4,11,13H,5-10,12,20H2,1-2H3;2*1H. The van der Waals surface area contributed by atoms with Crippen molar-refractivity contribution in [2.75, 3.05) is 46.9 Å². The number of hydrogen-bond donors (Lipinski definition) is 1. The number of carbonyl (C=O) groups excluding carboxylic acids is 1. The van der Waals surface area contributed by atoms with E-state index in [1.165, 1.54) is 11.3 Å². The number of nitrogens with zero attached hydrogens (tertiary/aromatic N) is 3. The van der Waals surface area contributed by atoms with Crippen LogP contribution >= 0.6 is 36.2 Å². The van der Waals surface area contributed by atoms with Crippen LogP contribution in [0.4, 0.5) is 0 Å². The van der Waals surface area contributed by atoms with Crippen molar-refractivity contribution in [3.63, 3.8) is 0 Å². The SMILES string of the molecule is COc1ccc(OC)c(CN2CCN(C(=O)c3csc(CCN)n3)CC2)c1.Cl.Cl. The molecule has 0 bridgehead atoms. The largest absolute Gasteiger partial charge is 0.497 e. The third kappa shape index (κ3) is 6.45. The summed E-state index contributed by atoms with van der Waals surface area (Å²) < 4.78 is 10.8. The number of ether oxygens (including phenoxy) is 2. The molecule has 1 aromatic heterocycles. The fraction of sp³-hybridized carbons (Fsp3) is 0.474. The van der Waals surface area contributed by atoms with Crippen LogP contribution in [-0.2, 0) is 13.0 Å². The van der Waals surface area contributed by atoms with E-state index in [1.54, 1.807) is 14.2 Å². The molecule has 0 atom stereocenters. The molecule has 162 valence electrons. The Morgan fingerprint density at radius 2 is 1.90 bits per heavy atom. The molecule has 0 spiro atoms. The van der Waals surface area contributed by atoms with Crippen LogP contribution < -0.4 is 15.2 Å². The molecule has 1 fully saturated rings. The molecule has 7 nitrogen and oxygen atoms in total. The average molecular weight is 463 g/mol. The van der Waals surface area contributed by atoms with Crippen LogP contribution in [0.25, 0.3) is 0 Å². The summed E-state index contributed by atoms with van der Waals surface area (Å²) in [7, 11) is 3.34. The number of hydrogen-bond acceptors (Lipinski definition) is 7. The minimum absolute atomic E-state index is 0. The molecule has 2 aromatic rings. The molecule has 10 heteroatoms. The lowest BCUT2D eigenvalue weighted by molar-refractivity contribution is 0.0622. The summed E-state index contributed by atoms with van der Waals surface area (Å²) in [6, 6.07) is 5.82. The number of piperazine rings is 1. The number of benzene rings is 1. The summed E-state index contributed by atoms with van der Waals surface area (Å²) in [6.45, 7) is 4.31. The Kier molecular flexibility index (Phi) is 10.7.